The maximum atomic E-state index is 17.6. The van der Waals surface area contributed by atoms with Crippen LogP contribution in [0.25, 0.3) is 27.7 Å². The monoisotopic (exact) mass is 715 g/mol. The van der Waals surface area contributed by atoms with E-state index in [1.165, 1.54) is 23.0 Å². The van der Waals surface area contributed by atoms with Crippen LogP contribution in [0.5, 0.6) is 0 Å². The van der Waals surface area contributed by atoms with Crippen molar-refractivity contribution in [2.45, 2.75) is 58.5 Å². The Morgan fingerprint density at radius 1 is 1.00 bits per heavy atom. The van der Waals surface area contributed by atoms with Gasteiger partial charge in [0, 0.05) is 42.2 Å². The highest BCUT2D eigenvalue weighted by Gasteiger charge is 2.40. The number of aromatic nitrogens is 3. The molecule has 4 heterocycles. The number of nitrogen functional groups attached to an aromatic ring is 1. The summed E-state index contributed by atoms with van der Waals surface area (Å²) < 4.78 is 34.6. The van der Waals surface area contributed by atoms with Gasteiger partial charge in [0.1, 0.15) is 12.0 Å². The second-order valence-electron chi connectivity index (χ2n) is 12.8. The summed E-state index contributed by atoms with van der Waals surface area (Å²) in [6, 6.07) is 2.10. The van der Waals surface area contributed by atoms with Crippen LogP contribution >= 0.6 is 34.8 Å². The highest BCUT2D eigenvalue weighted by molar-refractivity contribution is 6.38. The second kappa shape index (κ2) is 12.5. The average Bonchev–Trinajstić information content (AvgIpc) is 3.04. The number of amides is 1. The number of hydrogen-bond acceptors (Lipinski definition) is 7. The molecule has 4 aromatic rings. The van der Waals surface area contributed by atoms with E-state index in [9.17, 15) is 9.59 Å². The lowest BCUT2D eigenvalue weighted by Crippen LogP contribution is -2.62. The fraction of sp³-hybridized carbons (Fsp3) is 0.353. The van der Waals surface area contributed by atoms with Crippen molar-refractivity contribution in [3.8, 4) is 16.8 Å². The number of carbonyl (C=O) groups is 1. The Morgan fingerprint density at radius 3 is 2.25 bits per heavy atom. The molecular formula is C34H34Cl3F2N7O2. The lowest BCUT2D eigenvalue weighted by atomic mass is 9.95. The summed E-state index contributed by atoms with van der Waals surface area (Å²) in [6.07, 6.45) is 2.70. The van der Waals surface area contributed by atoms with Gasteiger partial charge in [-0.05, 0) is 37.0 Å². The lowest BCUT2D eigenvalue weighted by Gasteiger charge is -2.49. The molecular weight excluding hydrogens is 683 g/mol. The van der Waals surface area contributed by atoms with E-state index in [0.29, 0.717) is 42.4 Å². The van der Waals surface area contributed by atoms with Crippen molar-refractivity contribution in [1.29, 1.82) is 0 Å². The summed E-state index contributed by atoms with van der Waals surface area (Å²) in [5, 5.41) is 2.91. The minimum absolute atomic E-state index is 0.0941. The molecule has 1 fully saturated rings. The molecule has 2 aromatic heterocycles. The van der Waals surface area contributed by atoms with Gasteiger partial charge in [-0.15, -0.1) is 0 Å². The smallest absolute Gasteiger partial charge is 0.281 e. The van der Waals surface area contributed by atoms with Crippen molar-refractivity contribution < 1.29 is 13.6 Å². The maximum absolute atomic E-state index is 17.6. The average molecular weight is 717 g/mol. The van der Waals surface area contributed by atoms with E-state index in [4.69, 9.17) is 40.5 Å². The predicted octanol–water partition coefficient (Wildman–Crippen LogP) is 7.53. The van der Waals surface area contributed by atoms with E-state index in [2.05, 4.69) is 21.9 Å². The number of benzene rings is 2. The number of fused-ring (bicyclic) bond motifs is 5. The molecule has 0 radical (unpaired) electrons. The normalized spacial score (nSPS) is 17.5. The van der Waals surface area contributed by atoms with E-state index in [-0.39, 0.29) is 67.2 Å². The Labute approximate surface area is 291 Å². The largest absolute Gasteiger partial charge is 0.397 e. The van der Waals surface area contributed by atoms with E-state index in [1.54, 1.807) is 4.90 Å². The minimum Gasteiger partial charge on any atom is -0.397 e. The summed E-state index contributed by atoms with van der Waals surface area (Å²) in [6.45, 7) is 14.2. The lowest BCUT2D eigenvalue weighted by molar-refractivity contribution is -0.128. The molecule has 3 N–H and O–H groups in total. The Hall–Kier alpha value is -3.93. The molecule has 2 aromatic carbocycles. The molecule has 2 unspecified atom stereocenters. The van der Waals surface area contributed by atoms with E-state index >= 15 is 8.78 Å². The fourth-order valence-electron chi connectivity index (χ4n) is 6.82. The third kappa shape index (κ3) is 5.18. The maximum Gasteiger partial charge on any atom is 0.281 e. The topological polar surface area (TPSA) is 109 Å². The van der Waals surface area contributed by atoms with Gasteiger partial charge in [-0.25, -0.2) is 18.7 Å². The van der Waals surface area contributed by atoms with Gasteiger partial charge >= 0.3 is 0 Å². The van der Waals surface area contributed by atoms with Gasteiger partial charge < -0.3 is 20.9 Å². The zero-order chi connectivity index (χ0) is 34.9. The molecule has 48 heavy (non-hydrogen) atoms. The Morgan fingerprint density at radius 2 is 1.65 bits per heavy atom. The van der Waals surface area contributed by atoms with Gasteiger partial charge in [0.15, 0.2) is 11.6 Å². The molecule has 0 spiro atoms. The number of rotatable bonds is 5. The number of halogens is 5. The summed E-state index contributed by atoms with van der Waals surface area (Å²) in [7, 11) is 0. The summed E-state index contributed by atoms with van der Waals surface area (Å²) >= 11 is 19.3. The molecule has 0 bridgehead atoms. The fourth-order valence-corrected chi connectivity index (χ4v) is 7.57. The summed E-state index contributed by atoms with van der Waals surface area (Å²) in [5.74, 6) is -2.62. The molecule has 2 atom stereocenters. The summed E-state index contributed by atoms with van der Waals surface area (Å²) in [4.78, 5) is 40.4. The van der Waals surface area contributed by atoms with Crippen LogP contribution in [0.4, 0.5) is 25.8 Å². The molecule has 1 amide bonds. The van der Waals surface area contributed by atoms with Crippen molar-refractivity contribution in [2.75, 3.05) is 35.6 Å². The van der Waals surface area contributed by atoms with Gasteiger partial charge in [0.2, 0.25) is 5.91 Å². The molecule has 2 aliphatic heterocycles. The quantitative estimate of drug-likeness (QED) is 0.125. The first-order chi connectivity index (χ1) is 22.7. The minimum atomic E-state index is -1.02. The van der Waals surface area contributed by atoms with Crippen molar-refractivity contribution >= 4 is 68.7 Å². The van der Waals surface area contributed by atoms with Crippen LogP contribution in [-0.2, 0) is 4.79 Å². The Balaban J connectivity index is 1.79. The third-order valence-corrected chi connectivity index (χ3v) is 9.97. The molecule has 6 rings (SSSR count). The standard InChI is InChI=1S/C34H34Cl3F2N7O2/c1-7-22(47)44-12-17-10-41-30-32(45(17)11-16(44)6)18-8-19(35)23(24-25(38)20(36)9-21(37)27(24)40)26(39)31(18)46(34(30)48)33-28(14(2)3)42-13-43-29(33)15(4)5/h7-9,13-17,41H,1,10-12,40H2,2-6H3. The number of piperazine rings is 1. The highest BCUT2D eigenvalue weighted by Crippen LogP contribution is 2.48. The van der Waals surface area contributed by atoms with Crippen LogP contribution in [0.3, 0.4) is 0 Å². The van der Waals surface area contributed by atoms with E-state index in [0.717, 1.165) is 6.07 Å². The second-order valence-corrected chi connectivity index (χ2v) is 14.0. The number of nitrogens with two attached hydrogens (primary N) is 1. The molecule has 14 heteroatoms. The van der Waals surface area contributed by atoms with Crippen molar-refractivity contribution in [3.63, 3.8) is 0 Å². The predicted molar refractivity (Wildman–Crippen MR) is 189 cm³/mol. The van der Waals surface area contributed by atoms with Crippen LogP contribution in [0, 0.1) is 11.6 Å². The van der Waals surface area contributed by atoms with Gasteiger partial charge in [0.25, 0.3) is 5.56 Å². The third-order valence-electron chi connectivity index (χ3n) is 9.08. The molecule has 0 aliphatic carbocycles. The molecule has 9 nitrogen and oxygen atoms in total. The zero-order valence-electron chi connectivity index (χ0n) is 27.0. The number of anilines is 3. The van der Waals surface area contributed by atoms with Crippen LogP contribution in [0.15, 0.2) is 35.9 Å². The van der Waals surface area contributed by atoms with Gasteiger partial charge in [-0.3, -0.25) is 14.2 Å². The summed E-state index contributed by atoms with van der Waals surface area (Å²) in [5.41, 5.74) is 6.41. The zero-order valence-corrected chi connectivity index (χ0v) is 29.2. The Bertz CT molecular complexity index is 2030. The van der Waals surface area contributed by atoms with Gasteiger partial charge in [-0.2, -0.15) is 0 Å². The highest BCUT2D eigenvalue weighted by atomic mass is 35.5. The number of carbonyl (C=O) groups excluding carboxylic acids is 1. The molecule has 2 aliphatic rings. The first-order valence-electron chi connectivity index (χ1n) is 15.5. The SMILES string of the molecule is C=CC(=O)N1CC2CNc3c(c4cc(Cl)c(-c5c(N)c(Cl)cc(Cl)c5F)c(F)c4n(-c4c(C(C)C)ncnc4C(C)C)c3=O)N2CC1C. The van der Waals surface area contributed by atoms with Crippen LogP contribution in [0.1, 0.15) is 57.8 Å². The van der Waals surface area contributed by atoms with E-state index < -0.39 is 28.3 Å². The molecule has 252 valence electrons. The van der Waals surface area contributed by atoms with Crippen molar-refractivity contribution in [3.05, 3.63) is 79.6 Å². The van der Waals surface area contributed by atoms with Crippen molar-refractivity contribution in [1.82, 2.24) is 19.4 Å². The van der Waals surface area contributed by atoms with Crippen LogP contribution < -0.4 is 21.5 Å². The first kappa shape index (κ1) is 34.0. The van der Waals surface area contributed by atoms with Gasteiger partial charge in [-0.1, -0.05) is 69.1 Å². The molecule has 0 saturated carbocycles. The number of nitrogens with one attached hydrogen (secondary N) is 1. The van der Waals surface area contributed by atoms with Crippen LogP contribution in [-0.4, -0.2) is 57.1 Å². The number of pyridine rings is 1. The van der Waals surface area contributed by atoms with Crippen LogP contribution in [0.2, 0.25) is 15.1 Å². The first-order valence-corrected chi connectivity index (χ1v) is 16.7. The van der Waals surface area contributed by atoms with E-state index in [1.807, 2.05) is 39.5 Å². The number of nitrogens with zero attached hydrogens (tertiary/aromatic N) is 5. The van der Waals surface area contributed by atoms with Gasteiger partial charge in [0.05, 0.1) is 55.1 Å². The molecule has 1 saturated heterocycles. The Kier molecular flexibility index (Phi) is 8.85. The number of hydrogen-bond donors (Lipinski definition) is 2. The van der Waals surface area contributed by atoms with Crippen molar-refractivity contribution in [2.24, 2.45) is 0 Å².